The highest BCUT2D eigenvalue weighted by molar-refractivity contribution is 5.69. The zero-order chi connectivity index (χ0) is 18.0. The van der Waals surface area contributed by atoms with Gasteiger partial charge in [0, 0.05) is 38.2 Å². The van der Waals surface area contributed by atoms with Crippen LogP contribution in [0.15, 0.2) is 30.6 Å². The number of anilines is 1. The van der Waals surface area contributed by atoms with Crippen molar-refractivity contribution < 1.29 is 9.53 Å². The highest BCUT2D eigenvalue weighted by Gasteiger charge is 2.25. The number of carbonyl (C=O) groups excluding carboxylic acids is 1. The van der Waals surface area contributed by atoms with E-state index in [9.17, 15) is 4.79 Å². The number of hydrogen-bond donors (Lipinski definition) is 1. The Morgan fingerprint density at radius 1 is 1.32 bits per heavy atom. The number of fused-ring (bicyclic) bond motifs is 1. The van der Waals surface area contributed by atoms with Gasteiger partial charge in [-0.1, -0.05) is 6.07 Å². The molecule has 2 aromatic rings. The van der Waals surface area contributed by atoms with Crippen LogP contribution in [0.4, 0.5) is 10.5 Å². The first-order valence-corrected chi connectivity index (χ1v) is 8.61. The number of benzene rings is 1. The van der Waals surface area contributed by atoms with Gasteiger partial charge in [0.25, 0.3) is 0 Å². The molecule has 6 heteroatoms. The SMILES string of the molecule is Cn1ccnc1CNc1ccc2c(c1)CN(C(=O)OC(C)(C)C)CC2. The Balaban J connectivity index is 1.67. The molecule has 0 fully saturated rings. The molecule has 0 atom stereocenters. The number of imidazole rings is 1. The molecule has 1 aliphatic rings. The minimum atomic E-state index is -0.469. The first-order chi connectivity index (χ1) is 11.8. The zero-order valence-corrected chi connectivity index (χ0v) is 15.4. The van der Waals surface area contributed by atoms with Crippen LogP contribution in [0.25, 0.3) is 0 Å². The van der Waals surface area contributed by atoms with Crippen molar-refractivity contribution in [2.45, 2.75) is 45.9 Å². The van der Waals surface area contributed by atoms with Gasteiger partial charge in [-0.05, 0) is 50.5 Å². The highest BCUT2D eigenvalue weighted by atomic mass is 16.6. The van der Waals surface area contributed by atoms with E-state index < -0.39 is 5.60 Å². The molecule has 25 heavy (non-hydrogen) atoms. The van der Waals surface area contributed by atoms with Gasteiger partial charge in [-0.3, -0.25) is 0 Å². The number of carbonyl (C=O) groups is 1. The molecular weight excluding hydrogens is 316 g/mol. The Morgan fingerprint density at radius 3 is 2.80 bits per heavy atom. The quantitative estimate of drug-likeness (QED) is 0.929. The summed E-state index contributed by atoms with van der Waals surface area (Å²) in [5.74, 6) is 0.980. The fraction of sp³-hybridized carbons (Fsp3) is 0.474. The largest absolute Gasteiger partial charge is 0.444 e. The molecule has 1 aliphatic heterocycles. The number of ether oxygens (including phenoxy) is 1. The summed E-state index contributed by atoms with van der Waals surface area (Å²) in [6.07, 6.45) is 4.34. The Kier molecular flexibility index (Phi) is 4.70. The molecule has 134 valence electrons. The molecule has 1 aromatic carbocycles. The lowest BCUT2D eigenvalue weighted by Crippen LogP contribution is -2.39. The van der Waals surface area contributed by atoms with Crippen LogP contribution in [0.2, 0.25) is 0 Å². The fourth-order valence-electron chi connectivity index (χ4n) is 2.90. The van der Waals surface area contributed by atoms with Crippen LogP contribution in [-0.4, -0.2) is 32.7 Å². The summed E-state index contributed by atoms with van der Waals surface area (Å²) in [5.41, 5.74) is 3.03. The van der Waals surface area contributed by atoms with E-state index in [1.165, 1.54) is 11.1 Å². The van der Waals surface area contributed by atoms with E-state index in [-0.39, 0.29) is 6.09 Å². The minimum Gasteiger partial charge on any atom is -0.444 e. The van der Waals surface area contributed by atoms with E-state index in [1.807, 2.05) is 38.6 Å². The van der Waals surface area contributed by atoms with Gasteiger partial charge in [-0.15, -0.1) is 0 Å². The first-order valence-electron chi connectivity index (χ1n) is 8.61. The van der Waals surface area contributed by atoms with Gasteiger partial charge in [0.1, 0.15) is 11.4 Å². The predicted octanol–water partition coefficient (Wildman–Crippen LogP) is 3.33. The normalized spacial score (nSPS) is 14.2. The molecule has 0 aliphatic carbocycles. The average molecular weight is 342 g/mol. The lowest BCUT2D eigenvalue weighted by Gasteiger charge is -2.31. The van der Waals surface area contributed by atoms with E-state index in [0.29, 0.717) is 19.6 Å². The highest BCUT2D eigenvalue weighted by Crippen LogP contribution is 2.24. The Labute approximate surface area is 148 Å². The van der Waals surface area contributed by atoms with E-state index in [4.69, 9.17) is 4.74 Å². The molecule has 1 N–H and O–H groups in total. The van der Waals surface area contributed by atoms with E-state index in [1.54, 1.807) is 11.1 Å². The maximum Gasteiger partial charge on any atom is 0.410 e. The summed E-state index contributed by atoms with van der Waals surface area (Å²) in [6, 6.07) is 6.35. The Bertz CT molecular complexity index is 761. The molecule has 3 rings (SSSR count). The van der Waals surface area contributed by atoms with Crippen LogP contribution in [0.1, 0.15) is 37.7 Å². The second-order valence-corrected chi connectivity index (χ2v) is 7.44. The summed E-state index contributed by atoms with van der Waals surface area (Å²) < 4.78 is 7.49. The van der Waals surface area contributed by atoms with Crippen molar-refractivity contribution in [3.05, 3.63) is 47.5 Å². The Morgan fingerprint density at radius 2 is 2.12 bits per heavy atom. The molecule has 6 nitrogen and oxygen atoms in total. The van der Waals surface area contributed by atoms with E-state index in [0.717, 1.165) is 17.9 Å². The summed E-state index contributed by atoms with van der Waals surface area (Å²) in [4.78, 5) is 18.4. The number of nitrogens with zero attached hydrogens (tertiary/aromatic N) is 3. The minimum absolute atomic E-state index is 0.246. The van der Waals surface area contributed by atoms with Crippen LogP contribution in [0.5, 0.6) is 0 Å². The second kappa shape index (κ2) is 6.78. The third-order valence-electron chi connectivity index (χ3n) is 4.24. The van der Waals surface area contributed by atoms with Gasteiger partial charge in [0.15, 0.2) is 0 Å². The smallest absolute Gasteiger partial charge is 0.410 e. The number of aromatic nitrogens is 2. The van der Waals surface area contributed by atoms with Crippen LogP contribution >= 0.6 is 0 Å². The van der Waals surface area contributed by atoms with Crippen molar-refractivity contribution in [3.63, 3.8) is 0 Å². The summed E-state index contributed by atoms with van der Waals surface area (Å²) in [7, 11) is 1.98. The molecule has 0 unspecified atom stereocenters. The number of aryl methyl sites for hydroxylation is 1. The Hall–Kier alpha value is -2.50. The van der Waals surface area contributed by atoms with Gasteiger partial charge in [-0.25, -0.2) is 9.78 Å². The van der Waals surface area contributed by atoms with Crippen LogP contribution in [0.3, 0.4) is 0 Å². The molecule has 1 aromatic heterocycles. The fourth-order valence-corrected chi connectivity index (χ4v) is 2.90. The first kappa shape index (κ1) is 17.3. The summed E-state index contributed by atoms with van der Waals surface area (Å²) in [6.45, 7) is 7.62. The van der Waals surface area contributed by atoms with Crippen molar-refractivity contribution in [2.24, 2.45) is 7.05 Å². The number of amides is 1. The number of hydrogen-bond acceptors (Lipinski definition) is 4. The van der Waals surface area contributed by atoms with Crippen LogP contribution in [-0.2, 0) is 31.3 Å². The number of nitrogens with one attached hydrogen (secondary N) is 1. The summed E-state index contributed by atoms with van der Waals surface area (Å²) in [5, 5.41) is 3.40. The van der Waals surface area contributed by atoms with Crippen molar-refractivity contribution in [1.29, 1.82) is 0 Å². The van der Waals surface area contributed by atoms with Crippen LogP contribution < -0.4 is 5.32 Å². The van der Waals surface area contributed by atoms with E-state index >= 15 is 0 Å². The van der Waals surface area contributed by atoms with Crippen LogP contribution in [0, 0.1) is 0 Å². The molecular formula is C19H26N4O2. The maximum absolute atomic E-state index is 12.3. The molecule has 0 spiro atoms. The van der Waals surface area contributed by atoms with Gasteiger partial charge >= 0.3 is 6.09 Å². The lowest BCUT2D eigenvalue weighted by molar-refractivity contribution is 0.0224. The average Bonchev–Trinajstić information content (AvgIpc) is 2.95. The van der Waals surface area contributed by atoms with Gasteiger partial charge in [-0.2, -0.15) is 0 Å². The van der Waals surface area contributed by atoms with Crippen molar-refractivity contribution in [1.82, 2.24) is 14.5 Å². The predicted molar refractivity (Wildman–Crippen MR) is 97.3 cm³/mol. The van der Waals surface area contributed by atoms with E-state index in [2.05, 4.69) is 28.5 Å². The molecule has 0 radical (unpaired) electrons. The van der Waals surface area contributed by atoms with Gasteiger partial charge < -0.3 is 19.5 Å². The topological polar surface area (TPSA) is 59.4 Å². The molecule has 2 heterocycles. The van der Waals surface area contributed by atoms with Crippen molar-refractivity contribution in [2.75, 3.05) is 11.9 Å². The maximum atomic E-state index is 12.3. The third-order valence-corrected chi connectivity index (χ3v) is 4.24. The number of rotatable bonds is 3. The molecule has 1 amide bonds. The van der Waals surface area contributed by atoms with Gasteiger partial charge in [0.05, 0.1) is 6.54 Å². The molecule has 0 saturated carbocycles. The zero-order valence-electron chi connectivity index (χ0n) is 15.4. The lowest BCUT2D eigenvalue weighted by atomic mass is 9.99. The second-order valence-electron chi connectivity index (χ2n) is 7.44. The van der Waals surface area contributed by atoms with Crippen molar-refractivity contribution >= 4 is 11.8 Å². The standard InChI is InChI=1S/C19H26N4O2/c1-19(2,3)25-18(24)23-9-7-14-5-6-16(11-15(14)13-23)21-12-17-20-8-10-22(17)4/h5-6,8,10-11,21H,7,9,12-13H2,1-4H3. The molecule has 0 bridgehead atoms. The monoisotopic (exact) mass is 342 g/mol. The third kappa shape index (κ3) is 4.32. The molecule has 0 saturated heterocycles. The van der Waals surface area contributed by atoms with Crippen molar-refractivity contribution in [3.8, 4) is 0 Å². The summed E-state index contributed by atoms with van der Waals surface area (Å²) >= 11 is 0. The van der Waals surface area contributed by atoms with Gasteiger partial charge in [0.2, 0.25) is 0 Å².